The van der Waals surface area contributed by atoms with Gasteiger partial charge in [-0.15, -0.1) is 0 Å². The molecule has 0 aliphatic heterocycles. The van der Waals surface area contributed by atoms with Crippen molar-refractivity contribution in [2.75, 3.05) is 0 Å². The topological polar surface area (TPSA) is 87.2 Å². The molecule has 0 aliphatic carbocycles. The summed E-state index contributed by atoms with van der Waals surface area (Å²) in [5, 5.41) is 4.38. The summed E-state index contributed by atoms with van der Waals surface area (Å²) in [6, 6.07) is 14.9. The van der Waals surface area contributed by atoms with Gasteiger partial charge in [-0.1, -0.05) is 18.2 Å². The second-order valence-electron chi connectivity index (χ2n) is 6.85. The van der Waals surface area contributed by atoms with Gasteiger partial charge in [0, 0.05) is 5.56 Å². The number of rotatable bonds is 6. The molecule has 8 heteroatoms. The summed E-state index contributed by atoms with van der Waals surface area (Å²) in [4.78, 5) is 29.3. The summed E-state index contributed by atoms with van der Waals surface area (Å²) in [5.74, 6) is -1.90. The van der Waals surface area contributed by atoms with Crippen molar-refractivity contribution in [2.45, 2.75) is 20.5 Å². The van der Waals surface area contributed by atoms with Crippen LogP contribution in [0.2, 0.25) is 0 Å². The van der Waals surface area contributed by atoms with Crippen LogP contribution in [-0.4, -0.2) is 26.5 Å². The number of ether oxygens (including phenoxy) is 1. The van der Waals surface area contributed by atoms with Gasteiger partial charge in [-0.2, -0.15) is 5.10 Å². The molecule has 0 atom stereocenters. The number of halogens is 1. The number of Topliss-reactive ketones (excluding diaryl/α,β-unsaturated/α-hetero) is 1. The van der Waals surface area contributed by atoms with Gasteiger partial charge in [-0.25, -0.2) is 18.9 Å². The molecule has 0 aliphatic rings. The molecular formula is C23H18FN3O4. The number of nitrogens with zero attached hydrogens (tertiary/aromatic N) is 3. The molecule has 0 spiro atoms. The van der Waals surface area contributed by atoms with E-state index in [-0.39, 0.29) is 23.9 Å². The van der Waals surface area contributed by atoms with Gasteiger partial charge in [0.1, 0.15) is 24.4 Å². The van der Waals surface area contributed by atoms with Gasteiger partial charge in [0.2, 0.25) is 5.89 Å². The smallest absolute Gasteiger partial charge is 0.380 e. The van der Waals surface area contributed by atoms with Crippen LogP contribution in [0.25, 0.3) is 17.1 Å². The Morgan fingerprint density at radius 2 is 1.77 bits per heavy atom. The molecule has 0 unspecified atom stereocenters. The third kappa shape index (κ3) is 4.13. The first kappa shape index (κ1) is 20.2. The van der Waals surface area contributed by atoms with Crippen LogP contribution in [0.3, 0.4) is 0 Å². The molecule has 0 fully saturated rings. The third-order valence-electron chi connectivity index (χ3n) is 4.70. The number of para-hydroxylation sites is 1. The van der Waals surface area contributed by atoms with Gasteiger partial charge in [-0.3, -0.25) is 4.79 Å². The van der Waals surface area contributed by atoms with Gasteiger partial charge in [0.15, 0.2) is 0 Å². The summed E-state index contributed by atoms with van der Waals surface area (Å²) in [6.07, 6.45) is 1.32. The van der Waals surface area contributed by atoms with Crippen molar-refractivity contribution in [3.8, 4) is 17.1 Å². The molecule has 4 aromatic rings. The molecule has 2 heterocycles. The van der Waals surface area contributed by atoms with E-state index in [2.05, 4.69) is 10.1 Å². The molecule has 31 heavy (non-hydrogen) atoms. The molecule has 0 bridgehead atoms. The molecule has 0 amide bonds. The van der Waals surface area contributed by atoms with Crippen molar-refractivity contribution < 1.29 is 23.1 Å². The highest BCUT2D eigenvalue weighted by molar-refractivity contribution is 6.41. The predicted octanol–water partition coefficient (Wildman–Crippen LogP) is 4.21. The quantitative estimate of drug-likeness (QED) is 0.264. The average molecular weight is 419 g/mol. The minimum Gasteiger partial charge on any atom is -0.453 e. The number of hydrogen-bond acceptors (Lipinski definition) is 6. The Kier molecular flexibility index (Phi) is 5.44. The summed E-state index contributed by atoms with van der Waals surface area (Å²) in [7, 11) is 0. The van der Waals surface area contributed by atoms with E-state index >= 15 is 0 Å². The van der Waals surface area contributed by atoms with E-state index in [1.807, 2.05) is 30.3 Å². The van der Waals surface area contributed by atoms with E-state index in [0.29, 0.717) is 22.6 Å². The van der Waals surface area contributed by atoms with Crippen LogP contribution in [0.1, 0.15) is 27.4 Å². The van der Waals surface area contributed by atoms with Gasteiger partial charge in [0.05, 0.1) is 22.6 Å². The monoisotopic (exact) mass is 419 g/mol. The molecule has 4 rings (SSSR count). The van der Waals surface area contributed by atoms with Gasteiger partial charge in [0.25, 0.3) is 5.78 Å². The maximum Gasteiger partial charge on any atom is 0.380 e. The number of esters is 1. The van der Waals surface area contributed by atoms with E-state index in [4.69, 9.17) is 9.15 Å². The molecule has 156 valence electrons. The number of ketones is 1. The van der Waals surface area contributed by atoms with E-state index in [1.165, 1.54) is 30.5 Å². The average Bonchev–Trinajstić information content (AvgIpc) is 3.37. The summed E-state index contributed by atoms with van der Waals surface area (Å²) >= 11 is 0. The van der Waals surface area contributed by atoms with Crippen molar-refractivity contribution in [2.24, 2.45) is 0 Å². The van der Waals surface area contributed by atoms with Crippen LogP contribution in [0.15, 0.2) is 65.3 Å². The lowest BCUT2D eigenvalue weighted by molar-refractivity contribution is -0.139. The predicted molar refractivity (Wildman–Crippen MR) is 109 cm³/mol. The first-order chi connectivity index (χ1) is 14.9. The Balaban J connectivity index is 1.46. The molecule has 0 N–H and O–H groups in total. The highest BCUT2D eigenvalue weighted by Gasteiger charge is 2.26. The maximum absolute atomic E-state index is 13.0. The molecule has 0 radical (unpaired) electrons. The largest absolute Gasteiger partial charge is 0.453 e. The number of benzene rings is 2. The fourth-order valence-corrected chi connectivity index (χ4v) is 3.20. The molecule has 2 aromatic heterocycles. The number of hydrogen-bond donors (Lipinski definition) is 0. The third-order valence-corrected chi connectivity index (χ3v) is 4.70. The maximum atomic E-state index is 13.0. The lowest BCUT2D eigenvalue weighted by Crippen LogP contribution is -2.19. The van der Waals surface area contributed by atoms with Crippen LogP contribution in [-0.2, 0) is 16.1 Å². The van der Waals surface area contributed by atoms with Crippen LogP contribution in [0.4, 0.5) is 4.39 Å². The van der Waals surface area contributed by atoms with Gasteiger partial charge in [-0.05, 0) is 50.2 Å². The van der Waals surface area contributed by atoms with Crippen LogP contribution >= 0.6 is 0 Å². The summed E-state index contributed by atoms with van der Waals surface area (Å²) < 4.78 is 25.1. The Bertz CT molecular complexity index is 1240. The lowest BCUT2D eigenvalue weighted by Gasteiger charge is -2.05. The van der Waals surface area contributed by atoms with Crippen molar-refractivity contribution in [1.29, 1.82) is 0 Å². The van der Waals surface area contributed by atoms with E-state index in [1.54, 1.807) is 18.5 Å². The Labute approximate surface area is 177 Å². The second-order valence-corrected chi connectivity index (χ2v) is 6.85. The number of carbonyl (C=O) groups is 2. The van der Waals surface area contributed by atoms with Crippen molar-refractivity contribution >= 4 is 11.8 Å². The SMILES string of the molecule is Cc1nn(-c2ccccc2)c(C)c1C(=O)C(=O)OCc1coc(-c2ccc(F)cc2)n1. The fraction of sp³-hybridized carbons (Fsp3) is 0.130. The molecule has 0 saturated carbocycles. The number of aryl methyl sites for hydroxylation is 1. The molecular weight excluding hydrogens is 401 g/mol. The second kappa shape index (κ2) is 8.35. The summed E-state index contributed by atoms with van der Waals surface area (Å²) in [5.41, 5.74) is 2.88. The number of aromatic nitrogens is 3. The van der Waals surface area contributed by atoms with Crippen molar-refractivity contribution in [3.05, 3.63) is 89.3 Å². The number of oxazole rings is 1. The standard InChI is InChI=1S/C23H18FN3O4/c1-14-20(15(2)27(26-14)19-6-4-3-5-7-19)21(28)23(29)31-13-18-12-30-22(25-18)16-8-10-17(24)11-9-16/h3-12H,13H2,1-2H3. The summed E-state index contributed by atoms with van der Waals surface area (Å²) in [6.45, 7) is 3.15. The van der Waals surface area contributed by atoms with E-state index in [0.717, 1.165) is 5.69 Å². The Morgan fingerprint density at radius 1 is 1.06 bits per heavy atom. The fourth-order valence-electron chi connectivity index (χ4n) is 3.20. The first-order valence-electron chi connectivity index (χ1n) is 9.47. The minimum atomic E-state index is -1.01. The molecule has 7 nitrogen and oxygen atoms in total. The van der Waals surface area contributed by atoms with Crippen LogP contribution in [0, 0.1) is 19.7 Å². The highest BCUT2D eigenvalue weighted by Crippen LogP contribution is 2.21. The van der Waals surface area contributed by atoms with Gasteiger partial charge < -0.3 is 9.15 Å². The zero-order valence-corrected chi connectivity index (χ0v) is 16.8. The van der Waals surface area contributed by atoms with E-state index in [9.17, 15) is 14.0 Å². The van der Waals surface area contributed by atoms with Crippen LogP contribution in [0.5, 0.6) is 0 Å². The lowest BCUT2D eigenvalue weighted by atomic mass is 10.1. The van der Waals surface area contributed by atoms with Gasteiger partial charge >= 0.3 is 5.97 Å². The molecule has 0 saturated heterocycles. The highest BCUT2D eigenvalue weighted by atomic mass is 19.1. The molecule has 2 aromatic carbocycles. The van der Waals surface area contributed by atoms with Crippen molar-refractivity contribution in [3.63, 3.8) is 0 Å². The van der Waals surface area contributed by atoms with E-state index < -0.39 is 11.8 Å². The zero-order valence-electron chi connectivity index (χ0n) is 16.8. The Hall–Kier alpha value is -4.07. The van der Waals surface area contributed by atoms with Crippen LogP contribution < -0.4 is 0 Å². The Morgan fingerprint density at radius 3 is 2.48 bits per heavy atom. The minimum absolute atomic E-state index is 0.209. The first-order valence-corrected chi connectivity index (χ1v) is 9.47. The van der Waals surface area contributed by atoms with Crippen molar-refractivity contribution in [1.82, 2.24) is 14.8 Å². The normalized spacial score (nSPS) is 10.8. The zero-order chi connectivity index (χ0) is 22.0. The number of carbonyl (C=O) groups excluding carboxylic acids is 2.